The quantitative estimate of drug-likeness (QED) is 0.869. The Labute approximate surface area is 108 Å². The molecule has 98 valence electrons. The van der Waals surface area contributed by atoms with Gasteiger partial charge in [0.25, 0.3) is 0 Å². The zero-order valence-corrected chi connectivity index (χ0v) is 10.2. The highest BCUT2D eigenvalue weighted by Gasteiger charge is 2.12. The summed E-state index contributed by atoms with van der Waals surface area (Å²) in [5.74, 6) is -0.658. The lowest BCUT2D eigenvalue weighted by Crippen LogP contribution is -2.16. The van der Waals surface area contributed by atoms with Gasteiger partial charge in [0.05, 0.1) is 12.3 Å². The minimum atomic E-state index is -1.21. The van der Waals surface area contributed by atoms with Gasteiger partial charge in [-0.25, -0.2) is 9.59 Å². The van der Waals surface area contributed by atoms with E-state index in [1.54, 1.807) is 24.3 Å². The molecule has 6 heteroatoms. The molecule has 2 rings (SSSR count). The molecule has 1 heterocycles. The number of rotatable bonds is 4. The minimum Gasteiger partial charge on any atom is -0.493 e. The van der Waals surface area contributed by atoms with Crippen LogP contribution < -0.4 is 10.4 Å². The van der Waals surface area contributed by atoms with Crippen LogP contribution in [-0.2, 0) is 0 Å². The first kappa shape index (κ1) is 12.8. The smallest absolute Gasteiger partial charge is 0.352 e. The second kappa shape index (κ2) is 5.34. The highest BCUT2D eigenvalue weighted by molar-refractivity contribution is 5.86. The van der Waals surface area contributed by atoms with E-state index in [0.29, 0.717) is 17.9 Å². The van der Waals surface area contributed by atoms with Gasteiger partial charge >= 0.3 is 11.7 Å². The number of hydrogen-bond donors (Lipinski definition) is 2. The number of aromatic nitrogens is 2. The largest absolute Gasteiger partial charge is 0.493 e. The molecule has 0 spiro atoms. The zero-order chi connectivity index (χ0) is 13.8. The molecule has 0 fully saturated rings. The normalized spacial score (nSPS) is 10.2. The van der Waals surface area contributed by atoms with Gasteiger partial charge < -0.3 is 9.84 Å². The fourth-order valence-corrected chi connectivity index (χ4v) is 1.67. The van der Waals surface area contributed by atoms with Crippen molar-refractivity contribution in [1.82, 2.24) is 9.97 Å². The number of H-pyrrole nitrogens is 1. The number of nitrogens with one attached hydrogen (secondary N) is 1. The lowest BCUT2D eigenvalue weighted by atomic mass is 10.1. The molecule has 2 aromatic rings. The summed E-state index contributed by atoms with van der Waals surface area (Å²) in [5, 5.41) is 8.92. The van der Waals surface area contributed by atoms with E-state index in [9.17, 15) is 9.59 Å². The number of aromatic amines is 1. The van der Waals surface area contributed by atoms with Gasteiger partial charge in [-0.1, -0.05) is 12.1 Å². The molecule has 0 aliphatic rings. The van der Waals surface area contributed by atoms with E-state index in [4.69, 9.17) is 9.84 Å². The van der Waals surface area contributed by atoms with Crippen LogP contribution in [0.5, 0.6) is 5.75 Å². The highest BCUT2D eigenvalue weighted by atomic mass is 16.5. The summed E-state index contributed by atoms with van der Waals surface area (Å²) < 4.78 is 5.43. The first-order chi connectivity index (χ1) is 9.11. The van der Waals surface area contributed by atoms with E-state index < -0.39 is 11.7 Å². The van der Waals surface area contributed by atoms with Crippen molar-refractivity contribution in [3.05, 3.63) is 46.5 Å². The maximum atomic E-state index is 11.4. The first-order valence-electron chi connectivity index (χ1n) is 5.68. The SMILES string of the molecule is CCOc1ccccc1-c1cc(C(=O)O)[nH]c(=O)n1. The minimum absolute atomic E-state index is 0.207. The van der Waals surface area contributed by atoms with Crippen LogP contribution in [0.3, 0.4) is 0 Å². The van der Waals surface area contributed by atoms with Crippen LogP contribution in [-0.4, -0.2) is 27.7 Å². The monoisotopic (exact) mass is 260 g/mol. The third-order valence-electron chi connectivity index (χ3n) is 2.44. The summed E-state index contributed by atoms with van der Waals surface area (Å²) in [7, 11) is 0. The maximum Gasteiger partial charge on any atom is 0.352 e. The molecule has 19 heavy (non-hydrogen) atoms. The molecule has 6 nitrogen and oxygen atoms in total. The van der Waals surface area contributed by atoms with Crippen LogP contribution in [0.2, 0.25) is 0 Å². The van der Waals surface area contributed by atoms with Crippen molar-refractivity contribution in [1.29, 1.82) is 0 Å². The molecule has 0 saturated carbocycles. The Hall–Kier alpha value is -2.63. The van der Waals surface area contributed by atoms with Crippen LogP contribution in [0, 0.1) is 0 Å². The van der Waals surface area contributed by atoms with E-state index >= 15 is 0 Å². The Morgan fingerprint density at radius 1 is 1.42 bits per heavy atom. The second-order valence-electron chi connectivity index (χ2n) is 3.72. The standard InChI is InChI=1S/C13H12N2O4/c1-2-19-11-6-4-3-5-8(11)9-7-10(12(16)17)15-13(18)14-9/h3-7H,2H2,1H3,(H,16,17)(H,14,15,18). The summed E-state index contributed by atoms with van der Waals surface area (Å²) in [4.78, 5) is 28.2. The fourth-order valence-electron chi connectivity index (χ4n) is 1.67. The number of carboxylic acids is 1. The summed E-state index contributed by atoms with van der Waals surface area (Å²) in [6.45, 7) is 2.30. The molecule has 1 aromatic carbocycles. The van der Waals surface area contributed by atoms with Crippen molar-refractivity contribution < 1.29 is 14.6 Å². The second-order valence-corrected chi connectivity index (χ2v) is 3.72. The third-order valence-corrected chi connectivity index (χ3v) is 2.44. The number of carbonyl (C=O) groups is 1. The number of ether oxygens (including phenoxy) is 1. The van der Waals surface area contributed by atoms with Gasteiger partial charge in [-0.05, 0) is 25.1 Å². The predicted octanol–water partition coefficient (Wildman–Crippen LogP) is 1.53. The maximum absolute atomic E-state index is 11.4. The van der Waals surface area contributed by atoms with Gasteiger partial charge in [0.1, 0.15) is 11.4 Å². The Balaban J connectivity index is 2.58. The molecule has 0 amide bonds. The Morgan fingerprint density at radius 3 is 2.84 bits per heavy atom. The summed E-state index contributed by atoms with van der Waals surface area (Å²) in [6, 6.07) is 8.32. The van der Waals surface area contributed by atoms with Crippen molar-refractivity contribution in [3.63, 3.8) is 0 Å². The highest BCUT2D eigenvalue weighted by Crippen LogP contribution is 2.27. The molecular weight excluding hydrogens is 248 g/mol. The van der Waals surface area contributed by atoms with Gasteiger partial charge in [-0.2, -0.15) is 4.98 Å². The molecule has 0 saturated heterocycles. The molecule has 0 bridgehead atoms. The van der Waals surface area contributed by atoms with Crippen molar-refractivity contribution in [2.24, 2.45) is 0 Å². The van der Waals surface area contributed by atoms with Crippen LogP contribution >= 0.6 is 0 Å². The Kier molecular flexibility index (Phi) is 3.61. The van der Waals surface area contributed by atoms with Crippen LogP contribution in [0.15, 0.2) is 35.1 Å². The van der Waals surface area contributed by atoms with Crippen molar-refractivity contribution in [2.45, 2.75) is 6.92 Å². The average molecular weight is 260 g/mol. The van der Waals surface area contributed by atoms with E-state index in [2.05, 4.69) is 9.97 Å². The number of carboxylic acid groups (broad SMARTS) is 1. The number of hydrogen-bond acceptors (Lipinski definition) is 4. The molecule has 0 radical (unpaired) electrons. The molecule has 0 unspecified atom stereocenters. The number of nitrogens with zero attached hydrogens (tertiary/aromatic N) is 1. The van der Waals surface area contributed by atoms with Gasteiger partial charge in [0.2, 0.25) is 0 Å². The molecule has 2 N–H and O–H groups in total. The van der Waals surface area contributed by atoms with E-state index in [1.807, 2.05) is 6.92 Å². The first-order valence-corrected chi connectivity index (χ1v) is 5.68. The van der Waals surface area contributed by atoms with Crippen molar-refractivity contribution in [2.75, 3.05) is 6.61 Å². The summed E-state index contributed by atoms with van der Waals surface area (Å²) in [5.41, 5.74) is -0.0642. The Morgan fingerprint density at radius 2 is 2.16 bits per heavy atom. The topological polar surface area (TPSA) is 92.3 Å². The molecule has 1 aromatic heterocycles. The Bertz CT molecular complexity index is 664. The van der Waals surface area contributed by atoms with Crippen LogP contribution in [0.4, 0.5) is 0 Å². The van der Waals surface area contributed by atoms with E-state index in [1.165, 1.54) is 6.07 Å². The number of para-hydroxylation sites is 1. The van der Waals surface area contributed by atoms with Crippen LogP contribution in [0.1, 0.15) is 17.4 Å². The van der Waals surface area contributed by atoms with E-state index in [0.717, 1.165) is 0 Å². The predicted molar refractivity (Wildman–Crippen MR) is 68.4 cm³/mol. The van der Waals surface area contributed by atoms with E-state index in [-0.39, 0.29) is 11.4 Å². The number of benzene rings is 1. The molecule has 0 atom stereocenters. The third kappa shape index (κ3) is 2.79. The van der Waals surface area contributed by atoms with Crippen molar-refractivity contribution >= 4 is 5.97 Å². The van der Waals surface area contributed by atoms with Gasteiger partial charge in [-0.15, -0.1) is 0 Å². The molecule has 0 aliphatic carbocycles. The van der Waals surface area contributed by atoms with Gasteiger partial charge in [-0.3, -0.25) is 4.98 Å². The zero-order valence-electron chi connectivity index (χ0n) is 10.2. The lowest BCUT2D eigenvalue weighted by Gasteiger charge is -2.09. The number of aromatic carboxylic acids is 1. The van der Waals surface area contributed by atoms with Gasteiger partial charge in [0.15, 0.2) is 0 Å². The van der Waals surface area contributed by atoms with Gasteiger partial charge in [0, 0.05) is 5.56 Å². The van der Waals surface area contributed by atoms with Crippen molar-refractivity contribution in [3.8, 4) is 17.0 Å². The summed E-state index contributed by atoms with van der Waals surface area (Å²) >= 11 is 0. The lowest BCUT2D eigenvalue weighted by molar-refractivity contribution is 0.0690. The van der Waals surface area contributed by atoms with Crippen LogP contribution in [0.25, 0.3) is 11.3 Å². The summed E-state index contributed by atoms with van der Waals surface area (Å²) in [6.07, 6.45) is 0. The fraction of sp³-hybridized carbons (Fsp3) is 0.154. The average Bonchev–Trinajstić information content (AvgIpc) is 2.39. The molecule has 0 aliphatic heterocycles. The molecular formula is C13H12N2O4.